The van der Waals surface area contributed by atoms with Crippen LogP contribution in [0.3, 0.4) is 0 Å². The maximum absolute atomic E-state index is 11.3. The van der Waals surface area contributed by atoms with E-state index in [9.17, 15) is 4.79 Å². The lowest BCUT2D eigenvalue weighted by Gasteiger charge is -2.22. The Morgan fingerprint density at radius 3 is 1.78 bits per heavy atom. The molecule has 0 saturated heterocycles. The summed E-state index contributed by atoms with van der Waals surface area (Å²) in [6.45, 7) is -0.657. The molecule has 0 amide bonds. The van der Waals surface area contributed by atoms with E-state index in [1.807, 2.05) is 60.7 Å². The first-order chi connectivity index (χ1) is 8.81. The Hall–Kier alpha value is -2.33. The Morgan fingerprint density at radius 1 is 0.944 bits per heavy atom. The highest BCUT2D eigenvalue weighted by Gasteiger charge is 2.13. The lowest BCUT2D eigenvalue weighted by molar-refractivity contribution is -0.147. The standard InChI is InChI=1S/C14H13NO3/c16-11-14(17)18-15(12-7-3-1-4-8-12)13-9-5-2-6-10-13/h1-10,16H,11H2. The van der Waals surface area contributed by atoms with Crippen LogP contribution in [0.4, 0.5) is 11.4 Å². The van der Waals surface area contributed by atoms with Crippen molar-refractivity contribution in [3.63, 3.8) is 0 Å². The van der Waals surface area contributed by atoms with Crippen LogP contribution in [0.25, 0.3) is 0 Å². The Labute approximate surface area is 105 Å². The molecule has 0 bridgehead atoms. The molecule has 0 fully saturated rings. The molecule has 0 radical (unpaired) electrons. The van der Waals surface area contributed by atoms with Crippen molar-refractivity contribution in [2.24, 2.45) is 0 Å². The van der Waals surface area contributed by atoms with Crippen molar-refractivity contribution in [3.8, 4) is 0 Å². The van der Waals surface area contributed by atoms with Gasteiger partial charge in [-0.25, -0.2) is 4.79 Å². The molecule has 0 aliphatic rings. The van der Waals surface area contributed by atoms with Crippen molar-refractivity contribution in [2.75, 3.05) is 11.7 Å². The fourth-order valence-corrected chi connectivity index (χ4v) is 1.51. The summed E-state index contributed by atoms with van der Waals surface area (Å²) >= 11 is 0. The lowest BCUT2D eigenvalue weighted by atomic mass is 10.2. The molecule has 2 aromatic carbocycles. The Morgan fingerprint density at radius 2 is 1.39 bits per heavy atom. The molecule has 0 saturated carbocycles. The largest absolute Gasteiger partial charge is 0.385 e. The van der Waals surface area contributed by atoms with Gasteiger partial charge >= 0.3 is 5.97 Å². The van der Waals surface area contributed by atoms with Gasteiger partial charge in [0.15, 0.2) is 0 Å². The second-order valence-corrected chi connectivity index (χ2v) is 3.59. The first-order valence-corrected chi connectivity index (χ1v) is 5.53. The van der Waals surface area contributed by atoms with Crippen LogP contribution >= 0.6 is 0 Å². The molecule has 18 heavy (non-hydrogen) atoms. The zero-order valence-electron chi connectivity index (χ0n) is 9.69. The summed E-state index contributed by atoms with van der Waals surface area (Å²) in [4.78, 5) is 16.4. The maximum Gasteiger partial charge on any atom is 0.358 e. The molecule has 92 valence electrons. The van der Waals surface area contributed by atoms with E-state index in [0.29, 0.717) is 11.4 Å². The fourth-order valence-electron chi connectivity index (χ4n) is 1.51. The zero-order chi connectivity index (χ0) is 12.8. The highest BCUT2D eigenvalue weighted by atomic mass is 16.7. The number of hydrogen-bond donors (Lipinski definition) is 1. The molecule has 2 aromatic rings. The predicted octanol–water partition coefficient (Wildman–Crippen LogP) is 2.28. The Kier molecular flexibility index (Phi) is 3.94. The molecule has 4 nitrogen and oxygen atoms in total. The smallest absolute Gasteiger partial charge is 0.358 e. The molecule has 1 N–H and O–H groups in total. The minimum Gasteiger partial charge on any atom is -0.385 e. The third-order valence-electron chi connectivity index (χ3n) is 2.30. The van der Waals surface area contributed by atoms with Crippen LogP contribution in [0.1, 0.15) is 0 Å². The van der Waals surface area contributed by atoms with Gasteiger partial charge < -0.3 is 9.94 Å². The molecule has 0 heterocycles. The molecule has 0 spiro atoms. The summed E-state index contributed by atoms with van der Waals surface area (Å²) in [5.74, 6) is -0.706. The number of aliphatic hydroxyl groups excluding tert-OH is 1. The van der Waals surface area contributed by atoms with Crippen LogP contribution in [-0.2, 0) is 9.63 Å². The first kappa shape index (κ1) is 12.1. The minimum absolute atomic E-state index is 0.657. The number of carbonyl (C=O) groups excluding carboxylic acids is 1. The van der Waals surface area contributed by atoms with Gasteiger partial charge in [-0.15, -0.1) is 0 Å². The van der Waals surface area contributed by atoms with E-state index in [1.165, 1.54) is 5.06 Å². The van der Waals surface area contributed by atoms with E-state index in [-0.39, 0.29) is 0 Å². The summed E-state index contributed by atoms with van der Waals surface area (Å²) in [5.41, 5.74) is 1.43. The average Bonchev–Trinajstić information content (AvgIpc) is 2.46. The lowest BCUT2D eigenvalue weighted by Crippen LogP contribution is -2.24. The van der Waals surface area contributed by atoms with Gasteiger partial charge in [-0.05, 0) is 24.3 Å². The summed E-state index contributed by atoms with van der Waals surface area (Å²) in [6, 6.07) is 18.4. The quantitative estimate of drug-likeness (QED) is 0.837. The number of aliphatic hydroxyl groups is 1. The second-order valence-electron chi connectivity index (χ2n) is 3.59. The number of rotatable bonds is 4. The van der Waals surface area contributed by atoms with E-state index in [0.717, 1.165) is 0 Å². The van der Waals surface area contributed by atoms with Crippen molar-refractivity contribution in [2.45, 2.75) is 0 Å². The molecule has 0 aliphatic heterocycles. The van der Waals surface area contributed by atoms with Crippen molar-refractivity contribution in [3.05, 3.63) is 60.7 Å². The molecule has 4 heteroatoms. The summed E-state index contributed by atoms with van der Waals surface area (Å²) < 4.78 is 0. The van der Waals surface area contributed by atoms with Gasteiger partial charge in [0.2, 0.25) is 0 Å². The highest BCUT2D eigenvalue weighted by Crippen LogP contribution is 2.24. The fraction of sp³-hybridized carbons (Fsp3) is 0.0714. The Balaban J connectivity index is 2.32. The SMILES string of the molecule is O=C(CO)ON(c1ccccc1)c1ccccc1. The molecule has 0 atom stereocenters. The second kappa shape index (κ2) is 5.84. The van der Waals surface area contributed by atoms with Gasteiger partial charge in [0, 0.05) is 0 Å². The van der Waals surface area contributed by atoms with Gasteiger partial charge in [-0.1, -0.05) is 36.4 Å². The van der Waals surface area contributed by atoms with Gasteiger partial charge in [0.05, 0.1) is 11.4 Å². The molecule has 0 unspecified atom stereocenters. The minimum atomic E-state index is -0.706. The normalized spacial score (nSPS) is 9.83. The summed E-state index contributed by atoms with van der Waals surface area (Å²) in [7, 11) is 0. The van der Waals surface area contributed by atoms with E-state index >= 15 is 0 Å². The highest BCUT2D eigenvalue weighted by molar-refractivity contribution is 5.74. The number of nitrogens with zero attached hydrogens (tertiary/aromatic N) is 1. The predicted molar refractivity (Wildman–Crippen MR) is 68.2 cm³/mol. The van der Waals surface area contributed by atoms with Crippen LogP contribution in [0.15, 0.2) is 60.7 Å². The molecular weight excluding hydrogens is 230 g/mol. The van der Waals surface area contributed by atoms with Crippen LogP contribution < -0.4 is 5.06 Å². The number of anilines is 2. The van der Waals surface area contributed by atoms with Crippen LogP contribution in [-0.4, -0.2) is 17.7 Å². The molecule has 0 aromatic heterocycles. The number of para-hydroxylation sites is 2. The van der Waals surface area contributed by atoms with Crippen molar-refractivity contribution >= 4 is 17.3 Å². The van der Waals surface area contributed by atoms with E-state index in [4.69, 9.17) is 9.94 Å². The van der Waals surface area contributed by atoms with Crippen molar-refractivity contribution in [1.82, 2.24) is 0 Å². The summed E-state index contributed by atoms with van der Waals surface area (Å²) in [6.07, 6.45) is 0. The maximum atomic E-state index is 11.3. The monoisotopic (exact) mass is 243 g/mol. The number of benzene rings is 2. The van der Waals surface area contributed by atoms with E-state index in [2.05, 4.69) is 0 Å². The van der Waals surface area contributed by atoms with Crippen molar-refractivity contribution in [1.29, 1.82) is 0 Å². The number of carbonyl (C=O) groups is 1. The third kappa shape index (κ3) is 2.87. The van der Waals surface area contributed by atoms with Crippen molar-refractivity contribution < 1.29 is 14.7 Å². The third-order valence-corrected chi connectivity index (χ3v) is 2.30. The topological polar surface area (TPSA) is 49.8 Å². The van der Waals surface area contributed by atoms with Crippen LogP contribution in [0, 0.1) is 0 Å². The number of hydrogen-bond acceptors (Lipinski definition) is 4. The zero-order valence-corrected chi connectivity index (χ0v) is 9.69. The van der Waals surface area contributed by atoms with E-state index in [1.54, 1.807) is 0 Å². The van der Waals surface area contributed by atoms with Gasteiger partial charge in [-0.2, -0.15) is 5.06 Å². The van der Waals surface area contributed by atoms with Crippen LogP contribution in [0.2, 0.25) is 0 Å². The van der Waals surface area contributed by atoms with Gasteiger partial charge in [0.1, 0.15) is 6.61 Å². The average molecular weight is 243 g/mol. The van der Waals surface area contributed by atoms with Crippen LogP contribution in [0.5, 0.6) is 0 Å². The summed E-state index contributed by atoms with van der Waals surface area (Å²) in [5, 5.41) is 10.2. The molecule has 2 rings (SSSR count). The van der Waals surface area contributed by atoms with Gasteiger partial charge in [0.25, 0.3) is 0 Å². The molecular formula is C14H13NO3. The Bertz CT molecular complexity index is 459. The van der Waals surface area contributed by atoms with E-state index < -0.39 is 12.6 Å². The first-order valence-electron chi connectivity index (χ1n) is 5.53. The van der Waals surface area contributed by atoms with Gasteiger partial charge in [-0.3, -0.25) is 0 Å². The molecule has 0 aliphatic carbocycles.